The SMILES string of the molecule is CC(C)C(C)(N)C(=O)N1CCOc2c(O)cc(-c3cccc(Cl)c3)cc2C1. The van der Waals surface area contributed by atoms with Crippen LogP contribution in [0.25, 0.3) is 11.1 Å². The molecule has 144 valence electrons. The molecule has 1 amide bonds. The first-order chi connectivity index (χ1) is 12.7. The van der Waals surface area contributed by atoms with E-state index in [1.165, 1.54) is 0 Å². The van der Waals surface area contributed by atoms with Crippen molar-refractivity contribution >= 4 is 17.5 Å². The van der Waals surface area contributed by atoms with Gasteiger partial charge in [0.25, 0.3) is 0 Å². The molecule has 1 heterocycles. The number of fused-ring (bicyclic) bond motifs is 1. The van der Waals surface area contributed by atoms with Crippen LogP contribution in [0.2, 0.25) is 5.02 Å². The molecule has 5 nitrogen and oxygen atoms in total. The van der Waals surface area contributed by atoms with Gasteiger partial charge in [0.15, 0.2) is 11.5 Å². The van der Waals surface area contributed by atoms with E-state index in [9.17, 15) is 9.90 Å². The minimum Gasteiger partial charge on any atom is -0.504 e. The fraction of sp³-hybridized carbons (Fsp3) is 0.381. The van der Waals surface area contributed by atoms with Gasteiger partial charge in [-0.05, 0) is 48.2 Å². The van der Waals surface area contributed by atoms with E-state index in [-0.39, 0.29) is 17.6 Å². The van der Waals surface area contributed by atoms with Crippen LogP contribution in [0.15, 0.2) is 36.4 Å². The van der Waals surface area contributed by atoms with Crippen molar-refractivity contribution in [2.45, 2.75) is 32.9 Å². The van der Waals surface area contributed by atoms with Gasteiger partial charge in [-0.25, -0.2) is 0 Å². The lowest BCUT2D eigenvalue weighted by Crippen LogP contribution is -2.56. The number of hydrogen-bond donors (Lipinski definition) is 2. The van der Waals surface area contributed by atoms with Crippen LogP contribution in [0.4, 0.5) is 0 Å². The molecule has 0 aromatic heterocycles. The Bertz CT molecular complexity index is 865. The topological polar surface area (TPSA) is 75.8 Å². The molecule has 1 aliphatic heterocycles. The van der Waals surface area contributed by atoms with Crippen molar-refractivity contribution in [3.05, 3.63) is 47.0 Å². The molecule has 0 saturated carbocycles. The van der Waals surface area contributed by atoms with Crippen molar-refractivity contribution in [2.75, 3.05) is 13.2 Å². The van der Waals surface area contributed by atoms with Gasteiger partial charge in [0, 0.05) is 17.1 Å². The van der Waals surface area contributed by atoms with Gasteiger partial charge in [-0.2, -0.15) is 0 Å². The minimum atomic E-state index is -0.961. The third-order valence-electron chi connectivity index (χ3n) is 5.22. The zero-order valence-electron chi connectivity index (χ0n) is 15.8. The summed E-state index contributed by atoms with van der Waals surface area (Å²) >= 11 is 6.09. The minimum absolute atomic E-state index is 0.000149. The number of aromatic hydroxyl groups is 1. The number of benzene rings is 2. The predicted molar refractivity (Wildman–Crippen MR) is 107 cm³/mol. The Morgan fingerprint density at radius 2 is 2.04 bits per heavy atom. The van der Waals surface area contributed by atoms with Crippen LogP contribution in [0.3, 0.4) is 0 Å². The molecule has 2 aromatic carbocycles. The summed E-state index contributed by atoms with van der Waals surface area (Å²) in [6.45, 7) is 6.67. The summed E-state index contributed by atoms with van der Waals surface area (Å²) in [5, 5.41) is 11.1. The van der Waals surface area contributed by atoms with Gasteiger partial charge in [0.05, 0.1) is 12.1 Å². The normalized spacial score (nSPS) is 16.3. The number of nitrogens with two attached hydrogens (primary N) is 1. The number of phenolic OH excluding ortho intramolecular Hbond substituents is 1. The molecule has 6 heteroatoms. The molecule has 27 heavy (non-hydrogen) atoms. The lowest BCUT2D eigenvalue weighted by molar-refractivity contribution is -0.138. The van der Waals surface area contributed by atoms with Gasteiger partial charge in [-0.15, -0.1) is 0 Å². The van der Waals surface area contributed by atoms with Crippen molar-refractivity contribution in [1.29, 1.82) is 0 Å². The van der Waals surface area contributed by atoms with Crippen LogP contribution in [-0.4, -0.2) is 34.6 Å². The van der Waals surface area contributed by atoms with Crippen LogP contribution in [0, 0.1) is 5.92 Å². The molecule has 2 aromatic rings. The number of carbonyl (C=O) groups excluding carboxylic acids is 1. The Morgan fingerprint density at radius 3 is 2.70 bits per heavy atom. The molecule has 0 aliphatic carbocycles. The molecule has 1 atom stereocenters. The third-order valence-corrected chi connectivity index (χ3v) is 5.46. The van der Waals surface area contributed by atoms with Crippen LogP contribution in [0.1, 0.15) is 26.3 Å². The van der Waals surface area contributed by atoms with E-state index in [4.69, 9.17) is 22.1 Å². The first-order valence-electron chi connectivity index (χ1n) is 9.03. The average Bonchev–Trinajstić information content (AvgIpc) is 2.83. The zero-order chi connectivity index (χ0) is 19.8. The fourth-order valence-electron chi connectivity index (χ4n) is 3.09. The van der Waals surface area contributed by atoms with Crippen LogP contribution >= 0.6 is 11.6 Å². The number of phenols is 1. The van der Waals surface area contributed by atoms with Crippen LogP contribution in [-0.2, 0) is 11.3 Å². The smallest absolute Gasteiger partial charge is 0.243 e. The lowest BCUT2D eigenvalue weighted by atomic mass is 9.88. The Balaban J connectivity index is 1.98. The number of rotatable bonds is 3. The van der Waals surface area contributed by atoms with Crippen molar-refractivity contribution < 1.29 is 14.6 Å². The second-order valence-corrected chi connectivity index (χ2v) is 7.94. The second-order valence-electron chi connectivity index (χ2n) is 7.51. The summed E-state index contributed by atoms with van der Waals surface area (Å²) in [7, 11) is 0. The fourth-order valence-corrected chi connectivity index (χ4v) is 3.28. The van der Waals surface area contributed by atoms with Gasteiger partial charge in [0.1, 0.15) is 6.61 Å². The highest BCUT2D eigenvalue weighted by Gasteiger charge is 2.36. The maximum absolute atomic E-state index is 13.0. The molecule has 1 unspecified atom stereocenters. The summed E-state index contributed by atoms with van der Waals surface area (Å²) in [4.78, 5) is 14.7. The number of halogens is 1. The highest BCUT2D eigenvalue weighted by molar-refractivity contribution is 6.30. The van der Waals surface area contributed by atoms with Crippen molar-refractivity contribution in [1.82, 2.24) is 4.90 Å². The monoisotopic (exact) mass is 388 g/mol. The van der Waals surface area contributed by atoms with Gasteiger partial charge in [-0.1, -0.05) is 37.6 Å². The second kappa shape index (κ2) is 7.41. The quantitative estimate of drug-likeness (QED) is 0.838. The zero-order valence-corrected chi connectivity index (χ0v) is 16.6. The van der Waals surface area contributed by atoms with Crippen molar-refractivity contribution in [3.8, 4) is 22.6 Å². The molecule has 0 bridgehead atoms. The van der Waals surface area contributed by atoms with Crippen LogP contribution in [0.5, 0.6) is 11.5 Å². The highest BCUT2D eigenvalue weighted by Crippen LogP contribution is 2.38. The highest BCUT2D eigenvalue weighted by atomic mass is 35.5. The standard InChI is InChI=1S/C21H25ClN2O3/c1-13(2)21(3,23)20(26)24-7-8-27-19-16(12-24)9-15(11-18(19)25)14-5-4-6-17(22)10-14/h4-6,9-11,13,25H,7-8,12,23H2,1-3H3. The van der Waals surface area contributed by atoms with Crippen molar-refractivity contribution in [2.24, 2.45) is 11.7 Å². The predicted octanol–water partition coefficient (Wildman–Crippen LogP) is 3.81. The number of amides is 1. The largest absolute Gasteiger partial charge is 0.504 e. The van der Waals surface area contributed by atoms with Gasteiger partial charge in [0.2, 0.25) is 5.91 Å². The average molecular weight is 389 g/mol. The Morgan fingerprint density at radius 1 is 1.30 bits per heavy atom. The number of hydrogen-bond acceptors (Lipinski definition) is 4. The van der Waals surface area contributed by atoms with Crippen molar-refractivity contribution in [3.63, 3.8) is 0 Å². The summed E-state index contributed by atoms with van der Waals surface area (Å²) in [5.74, 6) is 0.344. The molecule has 0 radical (unpaired) electrons. The molecule has 1 aliphatic rings. The van der Waals surface area contributed by atoms with Gasteiger partial charge >= 0.3 is 0 Å². The molecule has 0 spiro atoms. The number of ether oxygens (including phenoxy) is 1. The molecule has 0 fully saturated rings. The van der Waals surface area contributed by atoms with E-state index in [0.717, 1.165) is 16.7 Å². The molecular weight excluding hydrogens is 364 g/mol. The van der Waals surface area contributed by atoms with E-state index in [1.807, 2.05) is 38.1 Å². The Kier molecular flexibility index (Phi) is 5.36. The molecule has 3 rings (SSSR count). The van der Waals surface area contributed by atoms with E-state index in [2.05, 4.69) is 0 Å². The Labute approximate surface area is 164 Å². The third kappa shape index (κ3) is 3.89. The summed E-state index contributed by atoms with van der Waals surface area (Å²) in [6.07, 6.45) is 0. The molecule has 0 saturated heterocycles. The molecule has 3 N–H and O–H groups in total. The van der Waals surface area contributed by atoms with E-state index in [1.54, 1.807) is 24.0 Å². The number of carbonyl (C=O) groups is 1. The van der Waals surface area contributed by atoms with Gasteiger partial charge < -0.3 is 20.5 Å². The van der Waals surface area contributed by atoms with Gasteiger partial charge in [-0.3, -0.25) is 4.79 Å². The first kappa shape index (κ1) is 19.5. The summed E-state index contributed by atoms with van der Waals surface area (Å²) in [6, 6.07) is 11.0. The van der Waals surface area contributed by atoms with E-state index < -0.39 is 5.54 Å². The summed E-state index contributed by atoms with van der Waals surface area (Å²) < 4.78 is 5.74. The lowest BCUT2D eigenvalue weighted by Gasteiger charge is -2.33. The van der Waals surface area contributed by atoms with E-state index >= 15 is 0 Å². The first-order valence-corrected chi connectivity index (χ1v) is 9.41. The van der Waals surface area contributed by atoms with E-state index in [0.29, 0.717) is 30.5 Å². The Hall–Kier alpha value is -2.24. The maximum atomic E-state index is 13.0. The van der Waals surface area contributed by atoms with Crippen LogP contribution < -0.4 is 10.5 Å². The molecular formula is C21H25ClN2O3. The number of nitrogens with zero attached hydrogens (tertiary/aromatic N) is 1. The maximum Gasteiger partial charge on any atom is 0.243 e. The summed E-state index contributed by atoms with van der Waals surface area (Å²) in [5.41, 5.74) is 7.75.